The lowest BCUT2D eigenvalue weighted by Gasteiger charge is -2.13. The van der Waals surface area contributed by atoms with Gasteiger partial charge in [-0.3, -0.25) is 0 Å². The Morgan fingerprint density at radius 2 is 1.81 bits per heavy atom. The van der Waals surface area contributed by atoms with Crippen LogP contribution in [-0.2, 0) is 16.1 Å². The molecular weight excluding hydrogens is 349 g/mol. The van der Waals surface area contributed by atoms with Crippen molar-refractivity contribution in [3.63, 3.8) is 0 Å². The number of nitrogens with zero attached hydrogens (tertiary/aromatic N) is 1. The van der Waals surface area contributed by atoms with E-state index in [9.17, 15) is 9.18 Å². The summed E-state index contributed by atoms with van der Waals surface area (Å²) < 4.78 is 29.2. The van der Waals surface area contributed by atoms with Gasteiger partial charge < -0.3 is 14.2 Å². The van der Waals surface area contributed by atoms with E-state index >= 15 is 0 Å². The molecule has 2 aromatic carbocycles. The predicted molar refractivity (Wildman–Crippen MR) is 98.6 cm³/mol. The SMILES string of the molecule is CCOC(=O)C(C#N)=Cc1ccc(OCc2ccc(F)cc2)c(OCC)c1. The van der Waals surface area contributed by atoms with Gasteiger partial charge in [-0.15, -0.1) is 0 Å². The molecule has 6 heteroatoms. The Hall–Kier alpha value is -3.33. The van der Waals surface area contributed by atoms with Gasteiger partial charge in [0.15, 0.2) is 11.5 Å². The highest BCUT2D eigenvalue weighted by Crippen LogP contribution is 2.30. The first-order valence-corrected chi connectivity index (χ1v) is 8.50. The van der Waals surface area contributed by atoms with Crippen LogP contribution in [0.25, 0.3) is 6.08 Å². The molecule has 0 aliphatic heterocycles. The Bertz CT molecular complexity index is 853. The zero-order chi connectivity index (χ0) is 19.6. The molecule has 5 nitrogen and oxygen atoms in total. The summed E-state index contributed by atoms with van der Waals surface area (Å²) in [7, 11) is 0. The standard InChI is InChI=1S/C21H20FNO4/c1-3-25-20-12-16(11-17(13-23)21(24)26-4-2)7-10-19(20)27-14-15-5-8-18(22)9-6-15/h5-12H,3-4,14H2,1-2H3. The van der Waals surface area contributed by atoms with E-state index in [4.69, 9.17) is 19.5 Å². The second-order valence-corrected chi connectivity index (χ2v) is 5.44. The minimum Gasteiger partial charge on any atom is -0.490 e. The maximum Gasteiger partial charge on any atom is 0.348 e. The van der Waals surface area contributed by atoms with Crippen molar-refractivity contribution in [1.29, 1.82) is 5.26 Å². The molecule has 140 valence electrons. The largest absolute Gasteiger partial charge is 0.490 e. The summed E-state index contributed by atoms with van der Waals surface area (Å²) in [5.41, 5.74) is 1.33. The van der Waals surface area contributed by atoms with E-state index in [0.29, 0.717) is 23.7 Å². The number of benzene rings is 2. The van der Waals surface area contributed by atoms with E-state index in [2.05, 4.69) is 0 Å². The Morgan fingerprint density at radius 1 is 1.07 bits per heavy atom. The van der Waals surface area contributed by atoms with Crippen LogP contribution in [0.4, 0.5) is 4.39 Å². The Labute approximate surface area is 157 Å². The number of halogens is 1. The van der Waals surface area contributed by atoms with E-state index in [1.807, 2.05) is 13.0 Å². The van der Waals surface area contributed by atoms with E-state index in [-0.39, 0.29) is 24.6 Å². The maximum atomic E-state index is 13.0. The number of ether oxygens (including phenoxy) is 3. The highest BCUT2D eigenvalue weighted by Gasteiger charge is 2.12. The quantitative estimate of drug-likeness (QED) is 0.395. The lowest BCUT2D eigenvalue weighted by molar-refractivity contribution is -0.137. The summed E-state index contributed by atoms with van der Waals surface area (Å²) in [6, 6.07) is 12.9. The van der Waals surface area contributed by atoms with E-state index in [1.165, 1.54) is 18.2 Å². The molecule has 0 aliphatic rings. The molecule has 0 unspecified atom stereocenters. The monoisotopic (exact) mass is 369 g/mol. The predicted octanol–water partition coefficient (Wildman–Crippen LogP) is 4.27. The van der Waals surface area contributed by atoms with Gasteiger partial charge in [-0.05, 0) is 55.3 Å². The third-order valence-corrected chi connectivity index (χ3v) is 3.50. The number of carbonyl (C=O) groups is 1. The Kier molecular flexibility index (Phi) is 7.38. The van der Waals surface area contributed by atoms with Crippen LogP contribution in [-0.4, -0.2) is 19.2 Å². The van der Waals surface area contributed by atoms with Gasteiger partial charge in [-0.2, -0.15) is 5.26 Å². The van der Waals surface area contributed by atoms with Crippen LogP contribution in [0.3, 0.4) is 0 Å². The molecule has 0 spiro atoms. The summed E-state index contributed by atoms with van der Waals surface area (Å²) in [6.07, 6.45) is 1.43. The zero-order valence-corrected chi connectivity index (χ0v) is 15.2. The fourth-order valence-electron chi connectivity index (χ4n) is 2.26. The molecule has 0 fully saturated rings. The highest BCUT2D eigenvalue weighted by molar-refractivity contribution is 5.97. The molecule has 0 radical (unpaired) electrons. The number of rotatable bonds is 8. The third kappa shape index (κ3) is 5.86. The Balaban J connectivity index is 2.21. The molecule has 0 aliphatic carbocycles. The zero-order valence-electron chi connectivity index (χ0n) is 15.2. The molecule has 0 aromatic heterocycles. The van der Waals surface area contributed by atoms with Crippen LogP contribution in [0.2, 0.25) is 0 Å². The fourth-order valence-corrected chi connectivity index (χ4v) is 2.26. The fraction of sp³-hybridized carbons (Fsp3) is 0.238. The van der Waals surface area contributed by atoms with Gasteiger partial charge in [0.2, 0.25) is 0 Å². The van der Waals surface area contributed by atoms with Crippen LogP contribution in [0.1, 0.15) is 25.0 Å². The molecule has 0 heterocycles. The molecule has 0 amide bonds. The molecule has 2 aromatic rings. The van der Waals surface area contributed by atoms with Gasteiger partial charge in [0.25, 0.3) is 0 Å². The van der Waals surface area contributed by atoms with Crippen molar-refractivity contribution in [3.05, 3.63) is 65.0 Å². The molecule has 2 rings (SSSR count). The van der Waals surface area contributed by atoms with Gasteiger partial charge in [-0.25, -0.2) is 9.18 Å². The van der Waals surface area contributed by atoms with Gasteiger partial charge >= 0.3 is 5.97 Å². The highest BCUT2D eigenvalue weighted by atomic mass is 19.1. The average Bonchev–Trinajstić information content (AvgIpc) is 2.67. The normalized spacial score (nSPS) is 10.8. The third-order valence-electron chi connectivity index (χ3n) is 3.50. The summed E-state index contributed by atoms with van der Waals surface area (Å²) in [4.78, 5) is 11.7. The molecule has 27 heavy (non-hydrogen) atoms. The van der Waals surface area contributed by atoms with Crippen LogP contribution in [0.15, 0.2) is 48.0 Å². The summed E-state index contributed by atoms with van der Waals surface area (Å²) in [5.74, 6) is 0.0110. The topological polar surface area (TPSA) is 68.6 Å². The van der Waals surface area contributed by atoms with Gasteiger partial charge in [0, 0.05) is 0 Å². The number of nitriles is 1. The second kappa shape index (κ2) is 9.97. The van der Waals surface area contributed by atoms with Crippen molar-refractivity contribution in [3.8, 4) is 17.6 Å². The number of hydrogen-bond donors (Lipinski definition) is 0. The van der Waals surface area contributed by atoms with Crippen molar-refractivity contribution in [2.45, 2.75) is 20.5 Å². The van der Waals surface area contributed by atoms with E-state index in [1.54, 1.807) is 37.3 Å². The minimum absolute atomic E-state index is 0.0979. The summed E-state index contributed by atoms with van der Waals surface area (Å²) >= 11 is 0. The smallest absolute Gasteiger partial charge is 0.348 e. The summed E-state index contributed by atoms with van der Waals surface area (Å²) in [6.45, 7) is 4.38. The lowest BCUT2D eigenvalue weighted by atomic mass is 10.1. The Morgan fingerprint density at radius 3 is 2.44 bits per heavy atom. The first kappa shape index (κ1) is 20.0. The molecule has 0 saturated heterocycles. The van der Waals surface area contributed by atoms with Gasteiger partial charge in [0.1, 0.15) is 24.1 Å². The van der Waals surface area contributed by atoms with Crippen molar-refractivity contribution in [2.24, 2.45) is 0 Å². The van der Waals surface area contributed by atoms with Crippen LogP contribution < -0.4 is 9.47 Å². The van der Waals surface area contributed by atoms with E-state index < -0.39 is 5.97 Å². The van der Waals surface area contributed by atoms with Crippen molar-refractivity contribution in [2.75, 3.05) is 13.2 Å². The van der Waals surface area contributed by atoms with Gasteiger partial charge in [-0.1, -0.05) is 18.2 Å². The number of hydrogen-bond acceptors (Lipinski definition) is 5. The maximum absolute atomic E-state index is 13.0. The molecular formula is C21H20FNO4. The van der Waals surface area contributed by atoms with Crippen LogP contribution in [0.5, 0.6) is 11.5 Å². The molecule has 0 saturated carbocycles. The average molecular weight is 369 g/mol. The van der Waals surface area contributed by atoms with Crippen LogP contribution >= 0.6 is 0 Å². The number of esters is 1. The number of carbonyl (C=O) groups excluding carboxylic acids is 1. The molecule has 0 N–H and O–H groups in total. The minimum atomic E-state index is -0.672. The summed E-state index contributed by atoms with van der Waals surface area (Å²) in [5, 5.41) is 9.14. The van der Waals surface area contributed by atoms with Crippen molar-refractivity contribution in [1.82, 2.24) is 0 Å². The first-order chi connectivity index (χ1) is 13.1. The van der Waals surface area contributed by atoms with Crippen molar-refractivity contribution < 1.29 is 23.4 Å². The van der Waals surface area contributed by atoms with Gasteiger partial charge in [0.05, 0.1) is 13.2 Å². The first-order valence-electron chi connectivity index (χ1n) is 8.50. The second-order valence-electron chi connectivity index (χ2n) is 5.44. The van der Waals surface area contributed by atoms with Crippen LogP contribution in [0, 0.1) is 17.1 Å². The van der Waals surface area contributed by atoms with Crippen molar-refractivity contribution >= 4 is 12.0 Å². The molecule has 0 atom stereocenters. The van der Waals surface area contributed by atoms with E-state index in [0.717, 1.165) is 5.56 Å². The lowest BCUT2D eigenvalue weighted by Crippen LogP contribution is -2.06. The molecule has 0 bridgehead atoms.